The SMILES string of the molecule is CNc1cc(F)c(F)c(C(C)=O)c1F.Cc1cc(OCC=O)ccc1C(C)C. The number of Topliss-reactive ketones (excluding diaryl/α,β-unsaturated/α-hetero) is 1. The highest BCUT2D eigenvalue weighted by atomic mass is 19.2. The Balaban J connectivity index is 0.000000280. The summed E-state index contributed by atoms with van der Waals surface area (Å²) >= 11 is 0. The second-order valence-corrected chi connectivity index (χ2v) is 6.37. The van der Waals surface area contributed by atoms with E-state index < -0.39 is 28.8 Å². The van der Waals surface area contributed by atoms with Crippen molar-refractivity contribution in [3.05, 3.63) is 58.4 Å². The van der Waals surface area contributed by atoms with Crippen molar-refractivity contribution in [3.8, 4) is 5.75 Å². The number of ketones is 1. The number of hydrogen-bond acceptors (Lipinski definition) is 4. The Kier molecular flexibility index (Phi) is 8.70. The predicted octanol–water partition coefficient (Wildman–Crippen LogP) is 5.04. The van der Waals surface area contributed by atoms with Crippen LogP contribution in [-0.2, 0) is 4.79 Å². The molecule has 7 heteroatoms. The van der Waals surface area contributed by atoms with Crippen LogP contribution < -0.4 is 10.1 Å². The molecule has 1 N–H and O–H groups in total. The summed E-state index contributed by atoms with van der Waals surface area (Å²) in [6.07, 6.45) is 0.756. The summed E-state index contributed by atoms with van der Waals surface area (Å²) in [5, 5.41) is 2.32. The zero-order valence-corrected chi connectivity index (χ0v) is 16.5. The highest BCUT2D eigenvalue weighted by Gasteiger charge is 2.21. The highest BCUT2D eigenvalue weighted by Crippen LogP contribution is 2.24. The van der Waals surface area contributed by atoms with E-state index in [1.165, 1.54) is 18.2 Å². The van der Waals surface area contributed by atoms with Gasteiger partial charge in [0.1, 0.15) is 12.4 Å². The maximum atomic E-state index is 13.3. The van der Waals surface area contributed by atoms with Crippen molar-refractivity contribution in [1.29, 1.82) is 0 Å². The molecule has 0 spiro atoms. The lowest BCUT2D eigenvalue weighted by Crippen LogP contribution is -2.07. The van der Waals surface area contributed by atoms with Gasteiger partial charge in [0.25, 0.3) is 0 Å². The first-order valence-corrected chi connectivity index (χ1v) is 8.67. The smallest absolute Gasteiger partial charge is 0.172 e. The molecule has 0 saturated carbocycles. The summed E-state index contributed by atoms with van der Waals surface area (Å²) in [5.41, 5.74) is 1.44. The Morgan fingerprint density at radius 3 is 2.29 bits per heavy atom. The number of benzene rings is 2. The third-order valence-electron chi connectivity index (χ3n) is 3.96. The zero-order valence-electron chi connectivity index (χ0n) is 16.5. The number of hydrogen-bond donors (Lipinski definition) is 1. The number of aldehydes is 1. The molecule has 0 unspecified atom stereocenters. The molecule has 152 valence electrons. The zero-order chi connectivity index (χ0) is 21.4. The first-order valence-electron chi connectivity index (χ1n) is 8.67. The van der Waals surface area contributed by atoms with E-state index in [2.05, 4.69) is 32.2 Å². The van der Waals surface area contributed by atoms with Gasteiger partial charge in [-0.15, -0.1) is 0 Å². The molecular weight excluding hydrogens is 371 g/mol. The molecule has 2 aromatic carbocycles. The number of carbonyl (C=O) groups is 2. The van der Waals surface area contributed by atoms with Gasteiger partial charge in [-0.1, -0.05) is 19.9 Å². The first-order chi connectivity index (χ1) is 13.1. The maximum absolute atomic E-state index is 13.3. The van der Waals surface area contributed by atoms with Crippen LogP contribution >= 0.6 is 0 Å². The number of carbonyl (C=O) groups excluding carboxylic acids is 2. The minimum atomic E-state index is -1.45. The van der Waals surface area contributed by atoms with E-state index in [0.717, 1.165) is 19.0 Å². The van der Waals surface area contributed by atoms with Gasteiger partial charge in [0, 0.05) is 13.1 Å². The van der Waals surface area contributed by atoms with Gasteiger partial charge in [0.05, 0.1) is 11.3 Å². The normalized spacial score (nSPS) is 10.2. The van der Waals surface area contributed by atoms with E-state index in [9.17, 15) is 22.8 Å². The molecule has 0 saturated heterocycles. The minimum Gasteiger partial charge on any atom is -0.486 e. The lowest BCUT2D eigenvalue weighted by molar-refractivity contribution is -0.109. The summed E-state index contributed by atoms with van der Waals surface area (Å²) in [6.45, 7) is 7.48. The molecule has 0 fully saturated rings. The van der Waals surface area contributed by atoms with Gasteiger partial charge in [-0.25, -0.2) is 13.2 Å². The number of nitrogens with one attached hydrogen (secondary N) is 1. The number of halogens is 3. The molecule has 0 bridgehead atoms. The number of aryl methyl sites for hydroxylation is 1. The number of rotatable bonds is 6. The average Bonchev–Trinajstić information content (AvgIpc) is 2.63. The van der Waals surface area contributed by atoms with Crippen LogP contribution in [0, 0.1) is 24.4 Å². The van der Waals surface area contributed by atoms with Crippen LogP contribution in [0.4, 0.5) is 18.9 Å². The number of ether oxygens (including phenoxy) is 1. The van der Waals surface area contributed by atoms with Crippen LogP contribution in [0.1, 0.15) is 48.2 Å². The van der Waals surface area contributed by atoms with Gasteiger partial charge in [-0.3, -0.25) is 9.59 Å². The fourth-order valence-corrected chi connectivity index (χ4v) is 2.61. The summed E-state index contributed by atoms with van der Waals surface area (Å²) in [7, 11) is 1.35. The molecular formula is C21H24F3NO3. The Morgan fingerprint density at radius 1 is 1.18 bits per heavy atom. The molecule has 4 nitrogen and oxygen atoms in total. The van der Waals surface area contributed by atoms with Crippen LogP contribution in [0.25, 0.3) is 0 Å². The van der Waals surface area contributed by atoms with Gasteiger partial charge in [-0.05, 0) is 43.0 Å². The Labute approximate surface area is 162 Å². The highest BCUT2D eigenvalue weighted by molar-refractivity contribution is 5.95. The van der Waals surface area contributed by atoms with Gasteiger partial charge >= 0.3 is 0 Å². The first kappa shape index (κ1) is 23.2. The summed E-state index contributed by atoms with van der Waals surface area (Å²) < 4.78 is 44.3. The average molecular weight is 395 g/mol. The maximum Gasteiger partial charge on any atom is 0.172 e. The van der Waals surface area contributed by atoms with Crippen molar-refractivity contribution < 1.29 is 27.5 Å². The second-order valence-electron chi connectivity index (χ2n) is 6.37. The van der Waals surface area contributed by atoms with Gasteiger partial charge < -0.3 is 10.1 Å². The second kappa shape index (κ2) is 10.5. The lowest BCUT2D eigenvalue weighted by atomic mass is 9.98. The molecule has 2 rings (SSSR count). The van der Waals surface area contributed by atoms with Crippen molar-refractivity contribution in [2.45, 2.75) is 33.6 Å². The van der Waals surface area contributed by atoms with Crippen LogP contribution in [0.2, 0.25) is 0 Å². The molecule has 0 amide bonds. The Bertz CT molecular complexity index is 851. The molecule has 0 atom stereocenters. The fraction of sp³-hybridized carbons (Fsp3) is 0.333. The van der Waals surface area contributed by atoms with Crippen molar-refractivity contribution in [2.75, 3.05) is 19.0 Å². The van der Waals surface area contributed by atoms with Crippen LogP contribution in [-0.4, -0.2) is 25.7 Å². The van der Waals surface area contributed by atoms with Crippen molar-refractivity contribution in [1.82, 2.24) is 0 Å². The lowest BCUT2D eigenvalue weighted by Gasteiger charge is -2.11. The van der Waals surface area contributed by atoms with Gasteiger partial charge in [-0.2, -0.15) is 0 Å². The molecule has 0 radical (unpaired) electrons. The molecule has 0 aliphatic carbocycles. The summed E-state index contributed by atoms with van der Waals surface area (Å²) in [4.78, 5) is 20.9. The quantitative estimate of drug-likeness (QED) is 0.423. The van der Waals surface area contributed by atoms with E-state index in [0.29, 0.717) is 12.0 Å². The van der Waals surface area contributed by atoms with Crippen molar-refractivity contribution in [2.24, 2.45) is 0 Å². The minimum absolute atomic E-state index is 0.125. The predicted molar refractivity (Wildman–Crippen MR) is 103 cm³/mol. The standard InChI is InChI=1S/C12H16O2.C9H8F3NO/c1-9(2)12-5-4-11(8-10(12)3)14-7-6-13;1-4(14)7-8(11)5(10)3-6(13-2)9(7)12/h4-6,8-9H,7H2,1-3H3;3,13H,1-2H3. The van der Waals surface area contributed by atoms with E-state index >= 15 is 0 Å². The summed E-state index contributed by atoms with van der Waals surface area (Å²) in [5.74, 6) is -3.33. The Hall–Kier alpha value is -2.83. The third-order valence-corrected chi connectivity index (χ3v) is 3.96. The van der Waals surface area contributed by atoms with E-state index in [4.69, 9.17) is 4.74 Å². The van der Waals surface area contributed by atoms with Crippen LogP contribution in [0.3, 0.4) is 0 Å². The fourth-order valence-electron chi connectivity index (χ4n) is 2.61. The van der Waals surface area contributed by atoms with Crippen molar-refractivity contribution in [3.63, 3.8) is 0 Å². The molecule has 28 heavy (non-hydrogen) atoms. The Morgan fingerprint density at radius 2 is 1.82 bits per heavy atom. The van der Waals surface area contributed by atoms with Gasteiger partial charge in [0.15, 0.2) is 29.5 Å². The topological polar surface area (TPSA) is 55.4 Å². The summed E-state index contributed by atoms with van der Waals surface area (Å²) in [6, 6.07) is 6.60. The van der Waals surface area contributed by atoms with E-state index in [1.54, 1.807) is 0 Å². The third kappa shape index (κ3) is 5.84. The van der Waals surface area contributed by atoms with Crippen LogP contribution in [0.15, 0.2) is 24.3 Å². The largest absolute Gasteiger partial charge is 0.486 e. The monoisotopic (exact) mass is 395 g/mol. The van der Waals surface area contributed by atoms with Gasteiger partial charge in [0.2, 0.25) is 0 Å². The molecule has 0 aliphatic heterocycles. The molecule has 0 heterocycles. The number of anilines is 1. The molecule has 0 aromatic heterocycles. The van der Waals surface area contributed by atoms with E-state index in [1.807, 2.05) is 12.1 Å². The van der Waals surface area contributed by atoms with E-state index in [-0.39, 0.29) is 12.3 Å². The van der Waals surface area contributed by atoms with Crippen LogP contribution in [0.5, 0.6) is 5.75 Å². The van der Waals surface area contributed by atoms with Crippen molar-refractivity contribution >= 4 is 17.8 Å². The molecule has 2 aromatic rings. The molecule has 0 aliphatic rings.